The lowest BCUT2D eigenvalue weighted by molar-refractivity contribution is -0.137. The van der Waals surface area contributed by atoms with Crippen LogP contribution < -0.4 is 11.1 Å². The summed E-state index contributed by atoms with van der Waals surface area (Å²) in [6.45, 7) is 3.54. The number of amides is 1. The number of benzene rings is 2. The van der Waals surface area contributed by atoms with Crippen molar-refractivity contribution in [3.63, 3.8) is 0 Å². The predicted molar refractivity (Wildman–Crippen MR) is 125 cm³/mol. The fraction of sp³-hybridized carbons (Fsp3) is 0.0455. The number of carbonyl (C=O) groups is 1. The third kappa shape index (κ3) is 3.73. The number of imidazole rings is 1. The van der Waals surface area contributed by atoms with Gasteiger partial charge in [-0.05, 0) is 37.0 Å². The zero-order valence-corrected chi connectivity index (χ0v) is 18.0. The van der Waals surface area contributed by atoms with Crippen LogP contribution in [0.3, 0.4) is 0 Å². The summed E-state index contributed by atoms with van der Waals surface area (Å²) in [5.41, 5.74) is 7.49. The van der Waals surface area contributed by atoms with Gasteiger partial charge in [0, 0.05) is 11.3 Å². The van der Waals surface area contributed by atoms with Crippen LogP contribution in [-0.2, 0) is 6.18 Å². The van der Waals surface area contributed by atoms with Crippen LogP contribution in [-0.4, -0.2) is 32.6 Å². The Morgan fingerprint density at radius 2 is 2.00 bits per heavy atom. The van der Waals surface area contributed by atoms with Crippen LogP contribution >= 0.6 is 11.3 Å². The van der Waals surface area contributed by atoms with Gasteiger partial charge in [0.05, 0.1) is 33.4 Å². The molecule has 34 heavy (non-hydrogen) atoms. The Labute approximate surface area is 193 Å². The van der Waals surface area contributed by atoms with Gasteiger partial charge in [-0.2, -0.15) is 13.2 Å². The second-order valence-electron chi connectivity index (χ2n) is 7.23. The number of rotatable bonds is 5. The van der Waals surface area contributed by atoms with Gasteiger partial charge >= 0.3 is 6.18 Å². The van der Waals surface area contributed by atoms with E-state index in [-0.39, 0.29) is 16.3 Å². The monoisotopic (exact) mass is 481 g/mol. The summed E-state index contributed by atoms with van der Waals surface area (Å²) < 4.78 is 39.0. The Morgan fingerprint density at radius 3 is 2.74 bits per heavy atom. The van der Waals surface area contributed by atoms with Crippen LogP contribution in [0.15, 0.2) is 53.8 Å². The van der Waals surface area contributed by atoms with Crippen molar-refractivity contribution >= 4 is 62.5 Å². The highest BCUT2D eigenvalue weighted by molar-refractivity contribution is 7.21. The van der Waals surface area contributed by atoms with E-state index >= 15 is 0 Å². The number of nitrogens with two attached hydrogens (primary N) is 1. The lowest BCUT2D eigenvalue weighted by Gasteiger charge is -2.07. The van der Waals surface area contributed by atoms with Gasteiger partial charge in [-0.25, -0.2) is 15.0 Å². The van der Waals surface area contributed by atoms with Crippen LogP contribution in [0.25, 0.3) is 32.5 Å². The van der Waals surface area contributed by atoms with Gasteiger partial charge in [0.1, 0.15) is 16.0 Å². The number of primary amides is 1. The summed E-state index contributed by atoms with van der Waals surface area (Å²) in [6, 6.07) is 10.5. The first-order chi connectivity index (χ1) is 16.2. The molecule has 0 saturated carbocycles. The number of nitrogens with zero attached hydrogens (tertiary/aromatic N) is 4. The summed E-state index contributed by atoms with van der Waals surface area (Å²) in [5, 5.41) is 3.62. The van der Waals surface area contributed by atoms with Crippen LogP contribution in [0.4, 0.5) is 30.5 Å². The molecule has 2 aromatic carbocycles. The molecule has 5 rings (SSSR count). The number of anilines is 2. The van der Waals surface area contributed by atoms with E-state index in [2.05, 4.69) is 37.0 Å². The first kappa shape index (κ1) is 21.5. The first-order valence-corrected chi connectivity index (χ1v) is 10.5. The normalized spacial score (nSPS) is 11.7. The molecule has 3 aromatic heterocycles. The van der Waals surface area contributed by atoms with Crippen molar-refractivity contribution in [2.45, 2.75) is 6.18 Å². The topological polar surface area (TPSA) is 122 Å². The summed E-state index contributed by atoms with van der Waals surface area (Å²) >= 11 is 1.11. The summed E-state index contributed by atoms with van der Waals surface area (Å²) in [6.07, 6.45) is -3.07. The van der Waals surface area contributed by atoms with Gasteiger partial charge in [0.15, 0.2) is 0 Å². The standard InChI is InChI=1S/C22H14F3N7OS/c1-27-17-15-16(28-9-29-20(15)34-18(17)19(26)33)10-3-2-4-12(7-10)30-21-31-13-6-5-11(22(23,24)25)8-14(13)32-21/h2-9H,1H2,(H2,26,33)(H2,30,31,32). The van der Waals surface area contributed by atoms with Crippen molar-refractivity contribution in [3.05, 3.63) is 59.2 Å². The smallest absolute Gasteiger partial charge is 0.365 e. The maximum Gasteiger partial charge on any atom is 0.416 e. The number of hydrogen-bond acceptors (Lipinski definition) is 7. The van der Waals surface area contributed by atoms with E-state index in [1.165, 1.54) is 12.4 Å². The quantitative estimate of drug-likeness (QED) is 0.289. The van der Waals surface area contributed by atoms with Crippen LogP contribution in [0.2, 0.25) is 0 Å². The van der Waals surface area contributed by atoms with E-state index in [1.807, 2.05) is 6.07 Å². The number of hydrogen-bond donors (Lipinski definition) is 3. The molecule has 0 atom stereocenters. The zero-order chi connectivity index (χ0) is 24.0. The van der Waals surface area contributed by atoms with Crippen LogP contribution in [0.5, 0.6) is 0 Å². The molecule has 8 nitrogen and oxygen atoms in total. The van der Waals surface area contributed by atoms with Crippen LogP contribution in [0, 0.1) is 0 Å². The van der Waals surface area contributed by atoms with Gasteiger partial charge in [-0.1, -0.05) is 12.1 Å². The molecule has 12 heteroatoms. The van der Waals surface area contributed by atoms with Gasteiger partial charge in [0.2, 0.25) is 5.95 Å². The highest BCUT2D eigenvalue weighted by atomic mass is 32.1. The van der Waals surface area contributed by atoms with E-state index in [4.69, 9.17) is 5.73 Å². The highest BCUT2D eigenvalue weighted by Gasteiger charge is 2.30. The Hall–Kier alpha value is -4.32. The fourth-order valence-corrected chi connectivity index (χ4v) is 4.53. The molecule has 3 heterocycles. The maximum absolute atomic E-state index is 13.0. The SMILES string of the molecule is C=Nc1c(C(N)=O)sc2ncnc(-c3cccc(Nc4nc5cc(C(F)(F)F)ccc5[nH]4)c3)c12. The molecule has 0 aliphatic heterocycles. The van der Waals surface area contributed by atoms with Gasteiger partial charge in [-0.3, -0.25) is 9.79 Å². The number of aromatic amines is 1. The molecular formula is C22H14F3N7OS. The fourth-order valence-electron chi connectivity index (χ4n) is 3.58. The van der Waals surface area contributed by atoms with Crippen molar-refractivity contribution in [2.75, 3.05) is 5.32 Å². The van der Waals surface area contributed by atoms with Gasteiger partial charge in [0.25, 0.3) is 5.91 Å². The van der Waals surface area contributed by atoms with Gasteiger partial charge in [-0.15, -0.1) is 11.3 Å². The van der Waals surface area contributed by atoms with Crippen LogP contribution in [0.1, 0.15) is 15.2 Å². The van der Waals surface area contributed by atoms with E-state index in [0.717, 1.165) is 23.5 Å². The molecule has 1 amide bonds. The molecule has 0 aliphatic rings. The van der Waals surface area contributed by atoms with Crippen molar-refractivity contribution < 1.29 is 18.0 Å². The minimum Gasteiger partial charge on any atom is -0.365 e. The molecule has 0 radical (unpaired) electrons. The largest absolute Gasteiger partial charge is 0.416 e. The lowest BCUT2D eigenvalue weighted by Crippen LogP contribution is -2.08. The average molecular weight is 481 g/mol. The number of halogens is 3. The molecule has 0 bridgehead atoms. The lowest BCUT2D eigenvalue weighted by atomic mass is 10.1. The Bertz CT molecular complexity index is 1590. The summed E-state index contributed by atoms with van der Waals surface area (Å²) in [5.74, 6) is -0.357. The second kappa shape index (κ2) is 7.92. The molecule has 0 fully saturated rings. The number of thiophene rings is 1. The molecule has 170 valence electrons. The van der Waals surface area contributed by atoms with Crippen molar-refractivity contribution in [1.29, 1.82) is 0 Å². The van der Waals surface area contributed by atoms with Gasteiger partial charge < -0.3 is 16.0 Å². The number of H-pyrrole nitrogens is 1. The third-order valence-corrected chi connectivity index (χ3v) is 6.16. The summed E-state index contributed by atoms with van der Waals surface area (Å²) in [7, 11) is 0. The number of aliphatic imine (C=N–C) groups is 1. The molecule has 0 spiro atoms. The minimum atomic E-state index is -4.45. The van der Waals surface area contributed by atoms with E-state index in [1.54, 1.807) is 18.2 Å². The zero-order valence-electron chi connectivity index (χ0n) is 17.1. The van der Waals surface area contributed by atoms with Crippen molar-refractivity contribution in [2.24, 2.45) is 10.7 Å². The van der Waals surface area contributed by atoms with Crippen molar-refractivity contribution in [3.8, 4) is 11.3 Å². The van der Waals surface area contributed by atoms with E-state index in [0.29, 0.717) is 38.4 Å². The maximum atomic E-state index is 13.0. The number of carbonyl (C=O) groups excluding carboxylic acids is 1. The molecule has 0 aliphatic carbocycles. The number of nitrogens with one attached hydrogen (secondary N) is 2. The molecule has 0 saturated heterocycles. The Kier molecular flexibility index (Phi) is 5.01. The first-order valence-electron chi connectivity index (χ1n) is 9.73. The minimum absolute atomic E-state index is 0.185. The highest BCUT2D eigenvalue weighted by Crippen LogP contribution is 2.41. The average Bonchev–Trinajstić information content (AvgIpc) is 3.38. The number of alkyl halides is 3. The second-order valence-corrected chi connectivity index (χ2v) is 8.22. The molecule has 5 aromatic rings. The molecular weight excluding hydrogens is 467 g/mol. The van der Waals surface area contributed by atoms with E-state index < -0.39 is 17.6 Å². The number of fused-ring (bicyclic) bond motifs is 2. The Balaban J connectivity index is 1.53. The van der Waals surface area contributed by atoms with Crippen molar-refractivity contribution in [1.82, 2.24) is 19.9 Å². The van der Waals surface area contributed by atoms with E-state index in [9.17, 15) is 18.0 Å². The molecule has 0 unspecified atom stereocenters. The predicted octanol–water partition coefficient (Wildman–Crippen LogP) is 5.43. The number of aromatic nitrogens is 4. The summed E-state index contributed by atoms with van der Waals surface area (Å²) in [4.78, 5) is 32.3. The third-order valence-electron chi connectivity index (χ3n) is 5.05. The Morgan fingerprint density at radius 1 is 1.18 bits per heavy atom. The molecule has 4 N–H and O–H groups in total.